The summed E-state index contributed by atoms with van der Waals surface area (Å²) in [5, 5.41) is 4.04. The molecule has 2 aromatic heterocycles. The van der Waals surface area contributed by atoms with Crippen molar-refractivity contribution in [1.29, 1.82) is 0 Å². The lowest BCUT2D eigenvalue weighted by Gasteiger charge is -2.20. The smallest absolute Gasteiger partial charge is 0.241 e. The molecule has 3 heterocycles. The molecular formula is C20H22FN5O. The number of benzene rings is 1. The monoisotopic (exact) mass is 367 g/mol. The summed E-state index contributed by atoms with van der Waals surface area (Å²) in [4.78, 5) is 13.5. The SMILES string of the molecule is Fc1ccc(CN2CCCN(Cc3nc(-c4ccccn4)no3)CC2)cc1. The van der Waals surface area contributed by atoms with Gasteiger partial charge in [-0.25, -0.2) is 4.39 Å². The molecule has 1 fully saturated rings. The molecular weight excluding hydrogens is 345 g/mol. The fourth-order valence-corrected chi connectivity index (χ4v) is 3.30. The van der Waals surface area contributed by atoms with Crippen molar-refractivity contribution in [2.24, 2.45) is 0 Å². The van der Waals surface area contributed by atoms with Crippen LogP contribution in [-0.4, -0.2) is 51.1 Å². The van der Waals surface area contributed by atoms with E-state index in [0.717, 1.165) is 44.7 Å². The first-order chi connectivity index (χ1) is 13.3. The number of aromatic nitrogens is 3. The van der Waals surface area contributed by atoms with Gasteiger partial charge in [-0.15, -0.1) is 0 Å². The second-order valence-corrected chi connectivity index (χ2v) is 6.76. The highest BCUT2D eigenvalue weighted by molar-refractivity contribution is 5.46. The Morgan fingerprint density at radius 3 is 2.44 bits per heavy atom. The van der Waals surface area contributed by atoms with Crippen LogP contribution in [0.3, 0.4) is 0 Å². The van der Waals surface area contributed by atoms with Crippen LogP contribution in [0.4, 0.5) is 4.39 Å². The minimum absolute atomic E-state index is 0.189. The second kappa shape index (κ2) is 8.37. The lowest BCUT2D eigenvalue weighted by Crippen LogP contribution is -2.30. The average Bonchev–Trinajstić information content (AvgIpc) is 3.05. The molecule has 0 unspecified atom stereocenters. The van der Waals surface area contributed by atoms with Crippen LogP contribution in [0.25, 0.3) is 11.5 Å². The van der Waals surface area contributed by atoms with Crippen molar-refractivity contribution in [3.63, 3.8) is 0 Å². The predicted molar refractivity (Wildman–Crippen MR) is 99.1 cm³/mol. The van der Waals surface area contributed by atoms with E-state index in [-0.39, 0.29) is 5.82 Å². The van der Waals surface area contributed by atoms with Crippen molar-refractivity contribution in [3.8, 4) is 11.5 Å². The van der Waals surface area contributed by atoms with Gasteiger partial charge in [-0.2, -0.15) is 4.98 Å². The number of hydrogen-bond donors (Lipinski definition) is 0. The van der Waals surface area contributed by atoms with Gasteiger partial charge in [0.15, 0.2) is 0 Å². The van der Waals surface area contributed by atoms with Crippen LogP contribution in [0.5, 0.6) is 0 Å². The molecule has 0 radical (unpaired) electrons. The maximum absolute atomic E-state index is 13.1. The van der Waals surface area contributed by atoms with Gasteiger partial charge in [0.2, 0.25) is 11.7 Å². The van der Waals surface area contributed by atoms with Gasteiger partial charge >= 0.3 is 0 Å². The van der Waals surface area contributed by atoms with Crippen LogP contribution in [0.1, 0.15) is 17.9 Å². The maximum atomic E-state index is 13.1. The second-order valence-electron chi connectivity index (χ2n) is 6.76. The molecule has 1 saturated heterocycles. The molecule has 0 saturated carbocycles. The number of pyridine rings is 1. The molecule has 0 atom stereocenters. The Morgan fingerprint density at radius 2 is 1.70 bits per heavy atom. The predicted octanol–water partition coefficient (Wildman–Crippen LogP) is 2.98. The zero-order valence-electron chi connectivity index (χ0n) is 15.1. The summed E-state index contributed by atoms with van der Waals surface area (Å²) in [6.45, 7) is 5.39. The Bertz CT molecular complexity index is 852. The first-order valence-corrected chi connectivity index (χ1v) is 9.19. The Hall–Kier alpha value is -2.64. The molecule has 0 N–H and O–H groups in total. The fourth-order valence-electron chi connectivity index (χ4n) is 3.30. The van der Waals surface area contributed by atoms with E-state index in [4.69, 9.17) is 4.52 Å². The molecule has 0 spiro atoms. The van der Waals surface area contributed by atoms with E-state index in [9.17, 15) is 4.39 Å². The van der Waals surface area contributed by atoms with Crippen LogP contribution in [0.2, 0.25) is 0 Å². The summed E-state index contributed by atoms with van der Waals surface area (Å²) in [5.74, 6) is 0.950. The Morgan fingerprint density at radius 1 is 0.926 bits per heavy atom. The summed E-state index contributed by atoms with van der Waals surface area (Å²) in [5.41, 5.74) is 1.86. The quantitative estimate of drug-likeness (QED) is 0.691. The Kier molecular flexibility index (Phi) is 5.50. The first-order valence-electron chi connectivity index (χ1n) is 9.19. The molecule has 4 rings (SSSR count). The van der Waals surface area contributed by atoms with Crippen LogP contribution >= 0.6 is 0 Å². The highest BCUT2D eigenvalue weighted by Gasteiger charge is 2.18. The normalized spacial score (nSPS) is 16.3. The van der Waals surface area contributed by atoms with E-state index in [2.05, 4.69) is 24.9 Å². The topological polar surface area (TPSA) is 58.3 Å². The lowest BCUT2D eigenvalue weighted by atomic mass is 10.2. The van der Waals surface area contributed by atoms with Gasteiger partial charge in [-0.1, -0.05) is 23.4 Å². The number of hydrogen-bond acceptors (Lipinski definition) is 6. The summed E-state index contributed by atoms with van der Waals surface area (Å²) in [6, 6.07) is 12.4. The molecule has 0 bridgehead atoms. The number of nitrogens with zero attached hydrogens (tertiary/aromatic N) is 5. The third-order valence-corrected chi connectivity index (χ3v) is 4.72. The minimum atomic E-state index is -0.189. The molecule has 0 aliphatic carbocycles. The standard InChI is InChI=1S/C20H22FN5O/c21-17-7-5-16(6-8-17)14-25-10-3-11-26(13-12-25)15-19-23-20(24-27-19)18-4-1-2-9-22-18/h1-2,4-9H,3,10-15H2. The molecule has 1 aromatic carbocycles. The largest absolute Gasteiger partial charge is 0.337 e. The van der Waals surface area contributed by atoms with E-state index in [0.29, 0.717) is 24.0 Å². The van der Waals surface area contributed by atoms with Crippen molar-refractivity contribution in [2.75, 3.05) is 26.2 Å². The van der Waals surface area contributed by atoms with Crippen molar-refractivity contribution in [1.82, 2.24) is 24.9 Å². The number of halogens is 1. The molecule has 1 aliphatic rings. The van der Waals surface area contributed by atoms with Crippen molar-refractivity contribution in [2.45, 2.75) is 19.5 Å². The fraction of sp³-hybridized carbons (Fsp3) is 0.350. The highest BCUT2D eigenvalue weighted by Crippen LogP contribution is 2.15. The summed E-state index contributed by atoms with van der Waals surface area (Å²) < 4.78 is 18.5. The van der Waals surface area contributed by atoms with E-state index < -0.39 is 0 Å². The molecule has 1 aliphatic heterocycles. The third-order valence-electron chi connectivity index (χ3n) is 4.72. The third kappa shape index (κ3) is 4.75. The van der Waals surface area contributed by atoms with E-state index in [1.165, 1.54) is 12.1 Å². The summed E-state index contributed by atoms with van der Waals surface area (Å²) in [7, 11) is 0. The van der Waals surface area contributed by atoms with Gasteiger partial charge in [-0.05, 0) is 49.3 Å². The van der Waals surface area contributed by atoms with Crippen molar-refractivity contribution in [3.05, 3.63) is 65.9 Å². The molecule has 6 nitrogen and oxygen atoms in total. The lowest BCUT2D eigenvalue weighted by molar-refractivity contribution is 0.222. The zero-order valence-corrected chi connectivity index (χ0v) is 15.1. The molecule has 3 aromatic rings. The summed E-state index contributed by atoms with van der Waals surface area (Å²) >= 11 is 0. The van der Waals surface area contributed by atoms with Gasteiger partial charge in [0.25, 0.3) is 0 Å². The summed E-state index contributed by atoms with van der Waals surface area (Å²) in [6.07, 6.45) is 2.79. The van der Waals surface area contributed by atoms with Gasteiger partial charge in [0.05, 0.1) is 6.54 Å². The maximum Gasteiger partial charge on any atom is 0.241 e. The van der Waals surface area contributed by atoms with Gasteiger partial charge in [0.1, 0.15) is 11.5 Å². The Balaban J connectivity index is 1.32. The van der Waals surface area contributed by atoms with Crippen LogP contribution in [0, 0.1) is 5.82 Å². The van der Waals surface area contributed by atoms with Gasteiger partial charge in [0, 0.05) is 25.8 Å². The van der Waals surface area contributed by atoms with Gasteiger partial charge < -0.3 is 4.52 Å². The van der Waals surface area contributed by atoms with Crippen molar-refractivity contribution < 1.29 is 8.91 Å². The van der Waals surface area contributed by atoms with Crippen molar-refractivity contribution >= 4 is 0 Å². The molecule has 0 amide bonds. The Labute approximate surface area is 157 Å². The number of rotatable bonds is 5. The van der Waals surface area contributed by atoms with E-state index in [1.54, 1.807) is 6.20 Å². The van der Waals surface area contributed by atoms with Gasteiger partial charge in [-0.3, -0.25) is 14.8 Å². The van der Waals surface area contributed by atoms with Crippen LogP contribution in [-0.2, 0) is 13.1 Å². The van der Waals surface area contributed by atoms with E-state index >= 15 is 0 Å². The molecule has 27 heavy (non-hydrogen) atoms. The van der Waals surface area contributed by atoms with E-state index in [1.807, 2.05) is 30.3 Å². The highest BCUT2D eigenvalue weighted by atomic mass is 19.1. The molecule has 7 heteroatoms. The van der Waals surface area contributed by atoms with Crippen LogP contribution in [0.15, 0.2) is 53.2 Å². The minimum Gasteiger partial charge on any atom is -0.337 e. The first kappa shape index (κ1) is 17.8. The van der Waals surface area contributed by atoms with Crippen LogP contribution < -0.4 is 0 Å². The molecule has 140 valence electrons. The zero-order chi connectivity index (χ0) is 18.5. The average molecular weight is 367 g/mol.